The summed E-state index contributed by atoms with van der Waals surface area (Å²) in [5.74, 6) is 0.489. The smallest absolute Gasteiger partial charge is 0.276 e. The fourth-order valence-corrected chi connectivity index (χ4v) is 2.23. The Hall–Kier alpha value is -2.52. The first-order valence-electron chi connectivity index (χ1n) is 6.57. The molecule has 0 aliphatic heterocycles. The average molecular weight is 287 g/mol. The lowest BCUT2D eigenvalue weighted by Crippen LogP contribution is -2.24. The second-order valence-corrected chi connectivity index (χ2v) is 4.49. The van der Waals surface area contributed by atoms with Crippen molar-refractivity contribution in [2.75, 3.05) is 14.2 Å². The van der Waals surface area contributed by atoms with E-state index >= 15 is 0 Å². The molecule has 21 heavy (non-hydrogen) atoms. The Morgan fingerprint density at radius 2 is 2.14 bits per heavy atom. The van der Waals surface area contributed by atoms with Crippen LogP contribution in [0.1, 0.15) is 25.1 Å². The molecule has 1 N–H and O–H groups in total. The molecule has 0 spiro atoms. The van der Waals surface area contributed by atoms with Crippen molar-refractivity contribution < 1.29 is 9.47 Å². The number of aromatic nitrogens is 2. The van der Waals surface area contributed by atoms with Crippen LogP contribution in [-0.4, -0.2) is 24.0 Å². The van der Waals surface area contributed by atoms with Crippen molar-refractivity contribution in [2.24, 2.45) is 0 Å². The Morgan fingerprint density at radius 3 is 2.71 bits per heavy atom. The van der Waals surface area contributed by atoms with Crippen LogP contribution in [0.15, 0.2) is 29.2 Å². The molecule has 0 aliphatic carbocycles. The number of aromatic amines is 1. The summed E-state index contributed by atoms with van der Waals surface area (Å²) in [4.78, 5) is 12.5. The van der Waals surface area contributed by atoms with E-state index in [-0.39, 0.29) is 11.8 Å². The highest BCUT2D eigenvalue weighted by Gasteiger charge is 2.17. The Bertz CT molecular complexity index is 720. The topological polar surface area (TPSA) is 80.0 Å². The van der Waals surface area contributed by atoms with Crippen LogP contribution in [0, 0.1) is 11.3 Å². The van der Waals surface area contributed by atoms with Gasteiger partial charge in [-0.3, -0.25) is 9.89 Å². The van der Waals surface area contributed by atoms with E-state index in [4.69, 9.17) is 14.7 Å². The fourth-order valence-electron chi connectivity index (χ4n) is 2.23. The van der Waals surface area contributed by atoms with Gasteiger partial charge in [0.2, 0.25) is 0 Å². The summed E-state index contributed by atoms with van der Waals surface area (Å²) < 4.78 is 12.0. The number of hydrogen-bond donors (Lipinski definition) is 1. The molecule has 1 aromatic heterocycles. The Balaban J connectivity index is 2.54. The summed E-state index contributed by atoms with van der Waals surface area (Å²) >= 11 is 0. The highest BCUT2D eigenvalue weighted by Crippen LogP contribution is 2.28. The highest BCUT2D eigenvalue weighted by atomic mass is 16.5. The predicted molar refractivity (Wildman–Crippen MR) is 78.1 cm³/mol. The zero-order valence-corrected chi connectivity index (χ0v) is 12.2. The number of H-pyrrole nitrogens is 1. The quantitative estimate of drug-likeness (QED) is 0.914. The molecule has 0 saturated carbocycles. The van der Waals surface area contributed by atoms with Gasteiger partial charge in [0.1, 0.15) is 5.75 Å². The van der Waals surface area contributed by atoms with Gasteiger partial charge < -0.3 is 9.47 Å². The summed E-state index contributed by atoms with van der Waals surface area (Å²) in [7, 11) is 3.07. The van der Waals surface area contributed by atoms with Crippen LogP contribution in [-0.2, 0) is 4.74 Å². The molecule has 2 aromatic rings. The van der Waals surface area contributed by atoms with E-state index in [0.717, 1.165) is 0 Å². The molecule has 0 saturated heterocycles. The van der Waals surface area contributed by atoms with Crippen molar-refractivity contribution >= 4 is 0 Å². The van der Waals surface area contributed by atoms with Gasteiger partial charge >= 0.3 is 0 Å². The van der Waals surface area contributed by atoms with Gasteiger partial charge in [0.05, 0.1) is 24.3 Å². The lowest BCUT2D eigenvalue weighted by molar-refractivity contribution is 0.0284. The van der Waals surface area contributed by atoms with Crippen LogP contribution in [0.5, 0.6) is 5.75 Å². The Kier molecular flexibility index (Phi) is 4.45. The SMILES string of the molecule is CCC(OC)n1[nH]cc(-c2ccc(C#N)cc2OC)c1=O. The Morgan fingerprint density at radius 1 is 1.38 bits per heavy atom. The molecule has 1 aromatic carbocycles. The number of hydrogen-bond acceptors (Lipinski definition) is 4. The number of nitriles is 1. The number of benzene rings is 1. The normalized spacial score (nSPS) is 11.9. The number of nitrogens with zero attached hydrogens (tertiary/aromatic N) is 2. The first kappa shape index (κ1) is 14.9. The second-order valence-electron chi connectivity index (χ2n) is 4.49. The van der Waals surface area contributed by atoms with Gasteiger partial charge in [0.25, 0.3) is 5.56 Å². The van der Waals surface area contributed by atoms with Gasteiger partial charge in [-0.2, -0.15) is 5.26 Å². The first-order valence-corrected chi connectivity index (χ1v) is 6.57. The summed E-state index contributed by atoms with van der Waals surface area (Å²) in [5.41, 5.74) is 1.41. The van der Waals surface area contributed by atoms with E-state index < -0.39 is 0 Å². The molecule has 110 valence electrons. The van der Waals surface area contributed by atoms with Gasteiger partial charge in [-0.1, -0.05) is 6.92 Å². The van der Waals surface area contributed by atoms with Crippen LogP contribution in [0.25, 0.3) is 11.1 Å². The lowest BCUT2D eigenvalue weighted by atomic mass is 10.1. The van der Waals surface area contributed by atoms with Gasteiger partial charge in [0, 0.05) is 18.9 Å². The van der Waals surface area contributed by atoms with Crippen molar-refractivity contribution in [1.29, 1.82) is 5.26 Å². The molecule has 0 amide bonds. The van der Waals surface area contributed by atoms with E-state index in [1.165, 1.54) is 11.8 Å². The maximum Gasteiger partial charge on any atom is 0.276 e. The monoisotopic (exact) mass is 287 g/mol. The molecule has 0 fully saturated rings. The molecule has 1 heterocycles. The van der Waals surface area contributed by atoms with Crippen molar-refractivity contribution in [3.05, 3.63) is 40.3 Å². The third kappa shape index (κ3) is 2.69. The minimum absolute atomic E-state index is 0.188. The standard InChI is InChI=1S/C15H17N3O3/c1-4-14(21-3)18-15(19)12(9-17-18)11-6-5-10(8-16)7-13(11)20-2/h5-7,9,14,17H,4H2,1-3H3. The predicted octanol–water partition coefficient (Wildman–Crippen LogP) is 2.28. The molecular formula is C15H17N3O3. The van der Waals surface area contributed by atoms with Crippen LogP contribution in [0.2, 0.25) is 0 Å². The average Bonchev–Trinajstić information content (AvgIpc) is 2.89. The molecular weight excluding hydrogens is 270 g/mol. The second kappa shape index (κ2) is 6.29. The Labute approximate surface area is 122 Å². The maximum absolute atomic E-state index is 12.5. The number of rotatable bonds is 5. The number of nitrogens with one attached hydrogen (secondary N) is 1. The van der Waals surface area contributed by atoms with Gasteiger partial charge in [-0.25, -0.2) is 4.68 Å². The van der Waals surface area contributed by atoms with Gasteiger partial charge in [-0.05, 0) is 24.6 Å². The third-order valence-electron chi connectivity index (χ3n) is 3.33. The minimum Gasteiger partial charge on any atom is -0.496 e. The van der Waals surface area contributed by atoms with E-state index in [9.17, 15) is 4.79 Å². The summed E-state index contributed by atoms with van der Waals surface area (Å²) in [5, 5.41) is 11.8. The van der Waals surface area contributed by atoms with Crippen molar-refractivity contribution in [1.82, 2.24) is 9.78 Å². The van der Waals surface area contributed by atoms with E-state index in [1.54, 1.807) is 31.5 Å². The maximum atomic E-state index is 12.5. The minimum atomic E-state index is -0.337. The van der Waals surface area contributed by atoms with Crippen molar-refractivity contribution in [3.8, 4) is 22.9 Å². The molecule has 1 atom stereocenters. The van der Waals surface area contributed by atoms with Gasteiger partial charge in [0.15, 0.2) is 6.23 Å². The molecule has 2 rings (SSSR count). The van der Waals surface area contributed by atoms with E-state index in [0.29, 0.717) is 28.9 Å². The zero-order valence-electron chi connectivity index (χ0n) is 12.2. The van der Waals surface area contributed by atoms with Crippen LogP contribution >= 0.6 is 0 Å². The summed E-state index contributed by atoms with van der Waals surface area (Å²) in [6.45, 7) is 1.93. The van der Waals surface area contributed by atoms with Crippen LogP contribution < -0.4 is 10.3 Å². The summed E-state index contributed by atoms with van der Waals surface area (Å²) in [6, 6.07) is 7.02. The summed E-state index contributed by atoms with van der Waals surface area (Å²) in [6.07, 6.45) is 1.95. The zero-order chi connectivity index (χ0) is 15.4. The third-order valence-corrected chi connectivity index (χ3v) is 3.33. The molecule has 1 unspecified atom stereocenters. The molecule has 6 heteroatoms. The van der Waals surface area contributed by atoms with Crippen LogP contribution in [0.4, 0.5) is 0 Å². The molecule has 0 bridgehead atoms. The van der Waals surface area contributed by atoms with Crippen LogP contribution in [0.3, 0.4) is 0 Å². The van der Waals surface area contributed by atoms with E-state index in [2.05, 4.69) is 5.10 Å². The lowest BCUT2D eigenvalue weighted by Gasteiger charge is -2.13. The first-order chi connectivity index (χ1) is 10.2. The molecule has 0 radical (unpaired) electrons. The number of ether oxygens (including phenoxy) is 2. The van der Waals surface area contributed by atoms with Gasteiger partial charge in [-0.15, -0.1) is 0 Å². The number of methoxy groups -OCH3 is 2. The highest BCUT2D eigenvalue weighted by molar-refractivity contribution is 5.70. The molecule has 6 nitrogen and oxygen atoms in total. The largest absolute Gasteiger partial charge is 0.496 e. The van der Waals surface area contributed by atoms with Crippen molar-refractivity contribution in [2.45, 2.75) is 19.6 Å². The molecule has 0 aliphatic rings. The fraction of sp³-hybridized carbons (Fsp3) is 0.333. The van der Waals surface area contributed by atoms with E-state index in [1.807, 2.05) is 13.0 Å². The van der Waals surface area contributed by atoms with Crippen molar-refractivity contribution in [3.63, 3.8) is 0 Å².